The molecule has 1 aliphatic rings. The molecule has 0 aliphatic carbocycles. The van der Waals surface area contributed by atoms with Gasteiger partial charge in [0.15, 0.2) is 0 Å². The Morgan fingerprint density at radius 3 is 2.59 bits per heavy atom. The van der Waals surface area contributed by atoms with Gasteiger partial charge >= 0.3 is 13.1 Å². The van der Waals surface area contributed by atoms with Crippen LogP contribution in [0.25, 0.3) is 0 Å². The van der Waals surface area contributed by atoms with Gasteiger partial charge < -0.3 is 31.1 Å². The number of unbranched alkanes of at least 4 members (excludes halogenated alkanes) is 1. The second kappa shape index (κ2) is 10.3. The van der Waals surface area contributed by atoms with Gasteiger partial charge in [-0.15, -0.1) is 0 Å². The van der Waals surface area contributed by atoms with E-state index in [1.54, 1.807) is 0 Å². The lowest BCUT2D eigenvalue weighted by molar-refractivity contribution is -0.146. The van der Waals surface area contributed by atoms with Crippen LogP contribution in [0.15, 0.2) is 30.6 Å². The molecule has 0 spiro atoms. The predicted octanol–water partition coefficient (Wildman–Crippen LogP) is 2.67. The Bertz CT molecular complexity index is 726. The summed E-state index contributed by atoms with van der Waals surface area (Å²) in [4.78, 5) is 14.0. The number of aliphatic carboxylic acids is 1. The van der Waals surface area contributed by atoms with Gasteiger partial charge in [0, 0.05) is 23.8 Å². The standard InChI is InChI=1S/C20H31BClN3O4/c1-14-5-6-17(13-18(14)22)24-15(2)25-11-7-16(8-12-25)20(23,19(26)27)9-3-4-10-21(28)29/h5-6,13,16,24,28-29H,2-4,7-12,23H2,1H3,(H,26,27). The van der Waals surface area contributed by atoms with E-state index in [0.717, 1.165) is 17.1 Å². The van der Waals surface area contributed by atoms with Gasteiger partial charge in [0.25, 0.3) is 0 Å². The van der Waals surface area contributed by atoms with Gasteiger partial charge in [-0.1, -0.05) is 37.1 Å². The highest BCUT2D eigenvalue weighted by atomic mass is 35.5. The fourth-order valence-electron chi connectivity index (χ4n) is 3.81. The number of aryl methyl sites for hydroxylation is 1. The number of halogens is 1. The van der Waals surface area contributed by atoms with E-state index in [1.807, 2.05) is 25.1 Å². The van der Waals surface area contributed by atoms with Gasteiger partial charge in [-0.2, -0.15) is 0 Å². The Hall–Kier alpha value is -1.74. The minimum Gasteiger partial charge on any atom is -0.480 e. The molecular formula is C20H31BClN3O4. The normalized spacial score (nSPS) is 16.9. The van der Waals surface area contributed by atoms with Crippen LogP contribution in [0.4, 0.5) is 5.69 Å². The van der Waals surface area contributed by atoms with Crippen molar-refractivity contribution in [3.8, 4) is 0 Å². The lowest BCUT2D eigenvalue weighted by Crippen LogP contribution is -2.57. The third-order valence-corrected chi connectivity index (χ3v) is 6.17. The van der Waals surface area contributed by atoms with Crippen LogP contribution in [0, 0.1) is 12.8 Å². The molecule has 1 aromatic rings. The number of piperidine rings is 1. The molecule has 1 fully saturated rings. The van der Waals surface area contributed by atoms with Crippen LogP contribution in [-0.2, 0) is 4.79 Å². The van der Waals surface area contributed by atoms with Crippen LogP contribution in [0.1, 0.15) is 37.7 Å². The smallest absolute Gasteiger partial charge is 0.451 e. The average Bonchev–Trinajstić information content (AvgIpc) is 2.67. The Kier molecular flexibility index (Phi) is 8.40. The van der Waals surface area contributed by atoms with Crippen LogP contribution in [0.5, 0.6) is 0 Å². The largest absolute Gasteiger partial charge is 0.480 e. The third-order valence-electron chi connectivity index (χ3n) is 5.77. The molecule has 1 saturated heterocycles. The van der Waals surface area contributed by atoms with Crippen molar-refractivity contribution in [2.45, 2.75) is 50.9 Å². The van der Waals surface area contributed by atoms with Crippen molar-refractivity contribution >= 4 is 30.4 Å². The molecule has 0 saturated carbocycles. The lowest BCUT2D eigenvalue weighted by Gasteiger charge is -2.41. The maximum atomic E-state index is 11.9. The van der Waals surface area contributed by atoms with Gasteiger partial charge in [-0.05, 0) is 56.1 Å². The highest BCUT2D eigenvalue weighted by Crippen LogP contribution is 2.32. The van der Waals surface area contributed by atoms with E-state index in [4.69, 9.17) is 27.4 Å². The second-order valence-electron chi connectivity index (χ2n) is 7.87. The van der Waals surface area contributed by atoms with Gasteiger partial charge in [-0.25, -0.2) is 0 Å². The molecule has 7 nitrogen and oxygen atoms in total. The summed E-state index contributed by atoms with van der Waals surface area (Å²) >= 11 is 6.17. The molecule has 1 aliphatic heterocycles. The Morgan fingerprint density at radius 2 is 2.03 bits per heavy atom. The number of carboxylic acids is 1. The summed E-state index contributed by atoms with van der Waals surface area (Å²) in [6.07, 6.45) is 2.93. The van der Waals surface area contributed by atoms with Crippen LogP contribution < -0.4 is 11.1 Å². The van der Waals surface area contributed by atoms with Crippen molar-refractivity contribution in [1.29, 1.82) is 0 Å². The Morgan fingerprint density at radius 1 is 1.38 bits per heavy atom. The first-order valence-corrected chi connectivity index (χ1v) is 10.4. The first kappa shape index (κ1) is 23.5. The van der Waals surface area contributed by atoms with E-state index in [2.05, 4.69) is 16.8 Å². The first-order chi connectivity index (χ1) is 13.6. The topological polar surface area (TPSA) is 119 Å². The van der Waals surface area contributed by atoms with E-state index in [9.17, 15) is 9.90 Å². The van der Waals surface area contributed by atoms with E-state index < -0.39 is 18.6 Å². The van der Waals surface area contributed by atoms with Crippen LogP contribution in [0.2, 0.25) is 11.3 Å². The number of anilines is 1. The van der Waals surface area contributed by atoms with Crippen molar-refractivity contribution in [3.63, 3.8) is 0 Å². The van der Waals surface area contributed by atoms with Gasteiger partial charge in [-0.3, -0.25) is 4.79 Å². The Labute approximate surface area is 177 Å². The zero-order valence-electron chi connectivity index (χ0n) is 16.9. The molecule has 160 valence electrons. The number of carbonyl (C=O) groups is 1. The number of benzene rings is 1. The molecule has 0 amide bonds. The number of hydrogen-bond acceptors (Lipinski definition) is 6. The number of rotatable bonds is 10. The SMILES string of the molecule is C=C(Nc1ccc(C)c(Cl)c1)N1CCC(C(N)(CCCCB(O)O)C(=O)O)CC1. The summed E-state index contributed by atoms with van der Waals surface area (Å²) in [7, 11) is -1.36. The fourth-order valence-corrected chi connectivity index (χ4v) is 3.99. The molecule has 9 heteroatoms. The van der Waals surface area contributed by atoms with Gasteiger partial charge in [0.2, 0.25) is 0 Å². The van der Waals surface area contributed by atoms with Crippen molar-refractivity contribution < 1.29 is 19.9 Å². The number of nitrogens with zero attached hydrogens (tertiary/aromatic N) is 1. The van der Waals surface area contributed by atoms with E-state index in [-0.39, 0.29) is 12.2 Å². The summed E-state index contributed by atoms with van der Waals surface area (Å²) in [5.41, 5.74) is 6.88. The predicted molar refractivity (Wildman–Crippen MR) is 117 cm³/mol. The lowest BCUT2D eigenvalue weighted by atomic mass is 9.74. The molecule has 1 aromatic carbocycles. The number of hydrogen-bond donors (Lipinski definition) is 5. The van der Waals surface area contributed by atoms with Crippen molar-refractivity contribution in [3.05, 3.63) is 41.2 Å². The molecule has 0 bridgehead atoms. The number of nitrogens with two attached hydrogens (primary N) is 1. The number of carboxylic acid groups (broad SMARTS) is 1. The first-order valence-electron chi connectivity index (χ1n) is 9.99. The van der Waals surface area contributed by atoms with E-state index >= 15 is 0 Å². The minimum absolute atomic E-state index is 0.142. The number of likely N-dealkylation sites (tertiary alicyclic amines) is 1. The van der Waals surface area contributed by atoms with E-state index in [0.29, 0.717) is 50.2 Å². The highest BCUT2D eigenvalue weighted by Gasteiger charge is 2.43. The van der Waals surface area contributed by atoms with E-state index in [1.165, 1.54) is 0 Å². The molecule has 1 heterocycles. The quantitative estimate of drug-likeness (QED) is 0.290. The van der Waals surface area contributed by atoms with Gasteiger partial charge in [0.1, 0.15) is 5.54 Å². The fraction of sp³-hybridized carbons (Fsp3) is 0.550. The summed E-state index contributed by atoms with van der Waals surface area (Å²) in [5, 5.41) is 31.5. The van der Waals surface area contributed by atoms with Crippen LogP contribution >= 0.6 is 11.6 Å². The maximum absolute atomic E-state index is 11.9. The molecule has 1 atom stereocenters. The van der Waals surface area contributed by atoms with Crippen LogP contribution in [-0.4, -0.2) is 51.8 Å². The molecule has 0 aromatic heterocycles. The monoisotopic (exact) mass is 423 g/mol. The summed E-state index contributed by atoms with van der Waals surface area (Å²) in [6.45, 7) is 7.37. The molecule has 6 N–H and O–H groups in total. The summed E-state index contributed by atoms with van der Waals surface area (Å²) in [6, 6.07) is 5.74. The molecule has 29 heavy (non-hydrogen) atoms. The van der Waals surface area contributed by atoms with Crippen LogP contribution in [0.3, 0.4) is 0 Å². The summed E-state index contributed by atoms with van der Waals surface area (Å²) in [5.74, 6) is -0.387. The minimum atomic E-state index is -1.36. The zero-order chi connectivity index (χ0) is 21.6. The zero-order valence-corrected chi connectivity index (χ0v) is 17.7. The Balaban J connectivity index is 1.90. The molecule has 2 rings (SSSR count). The third kappa shape index (κ3) is 6.37. The summed E-state index contributed by atoms with van der Waals surface area (Å²) < 4.78 is 0. The number of nitrogens with one attached hydrogen (secondary N) is 1. The van der Waals surface area contributed by atoms with Crippen molar-refractivity contribution in [1.82, 2.24) is 4.90 Å². The molecule has 0 radical (unpaired) electrons. The molecule has 1 unspecified atom stereocenters. The second-order valence-corrected chi connectivity index (χ2v) is 8.28. The maximum Gasteiger partial charge on any atom is 0.451 e. The highest BCUT2D eigenvalue weighted by molar-refractivity contribution is 6.40. The van der Waals surface area contributed by atoms with Gasteiger partial charge in [0.05, 0.1) is 5.82 Å². The van der Waals surface area contributed by atoms with Crippen molar-refractivity contribution in [2.75, 3.05) is 18.4 Å². The van der Waals surface area contributed by atoms with Crippen molar-refractivity contribution in [2.24, 2.45) is 11.7 Å². The average molecular weight is 424 g/mol. The molecular weight excluding hydrogens is 393 g/mol.